The van der Waals surface area contributed by atoms with E-state index in [-0.39, 0.29) is 0 Å². The molecule has 2 aromatic carbocycles. The molecular weight excluding hydrogens is 338 g/mol. The van der Waals surface area contributed by atoms with E-state index in [2.05, 4.69) is 39.6 Å². The molecule has 0 saturated heterocycles. The lowest BCUT2D eigenvalue weighted by atomic mass is 10.1. The van der Waals surface area contributed by atoms with Gasteiger partial charge in [0.15, 0.2) is 0 Å². The molecule has 3 heterocycles. The van der Waals surface area contributed by atoms with Crippen molar-refractivity contribution in [2.45, 2.75) is 25.8 Å². The number of carbonyl (C=O) groups is 1. The molecule has 1 saturated carbocycles. The van der Waals surface area contributed by atoms with E-state index < -0.39 is 0 Å². The Hall–Kier alpha value is -3.08. The summed E-state index contributed by atoms with van der Waals surface area (Å²) in [4.78, 5) is 11.3. The number of ether oxygens (including phenoxy) is 1. The zero-order valence-electron chi connectivity index (χ0n) is 14.9. The molecule has 0 bridgehead atoms. The average molecular weight is 357 g/mol. The predicted octanol–water partition coefficient (Wildman–Crippen LogP) is 4.14. The monoisotopic (exact) mass is 357 g/mol. The van der Waals surface area contributed by atoms with Gasteiger partial charge in [0, 0.05) is 29.4 Å². The van der Waals surface area contributed by atoms with Crippen LogP contribution in [0.25, 0.3) is 27.6 Å². The van der Waals surface area contributed by atoms with Crippen molar-refractivity contribution in [1.29, 1.82) is 0 Å². The highest BCUT2D eigenvalue weighted by molar-refractivity contribution is 5.94. The SMILES string of the molecule is O=Cc1cc2c3c(n(-c4cc5ccccc5n4CC4CC4)nc3c1)CCO2. The highest BCUT2D eigenvalue weighted by Crippen LogP contribution is 2.37. The summed E-state index contributed by atoms with van der Waals surface area (Å²) in [6, 6.07) is 14.4. The molecule has 2 aromatic heterocycles. The van der Waals surface area contributed by atoms with Crippen molar-refractivity contribution in [2.75, 3.05) is 6.61 Å². The molecule has 2 aliphatic rings. The Morgan fingerprint density at radius 2 is 2.07 bits per heavy atom. The number of rotatable bonds is 4. The molecule has 0 unspecified atom stereocenters. The number of hydrogen-bond donors (Lipinski definition) is 0. The first-order chi connectivity index (χ1) is 13.3. The highest BCUT2D eigenvalue weighted by atomic mass is 16.5. The van der Waals surface area contributed by atoms with Gasteiger partial charge in [-0.25, -0.2) is 4.68 Å². The molecule has 134 valence electrons. The van der Waals surface area contributed by atoms with Gasteiger partial charge in [0.2, 0.25) is 0 Å². The molecule has 0 amide bonds. The van der Waals surface area contributed by atoms with Crippen LogP contribution in [0.2, 0.25) is 0 Å². The van der Waals surface area contributed by atoms with Crippen molar-refractivity contribution in [3.05, 3.63) is 53.7 Å². The van der Waals surface area contributed by atoms with Crippen LogP contribution in [0.3, 0.4) is 0 Å². The van der Waals surface area contributed by atoms with Crippen LogP contribution in [0.4, 0.5) is 0 Å². The molecule has 0 atom stereocenters. The summed E-state index contributed by atoms with van der Waals surface area (Å²) < 4.78 is 10.3. The number of para-hydroxylation sites is 1. The van der Waals surface area contributed by atoms with Crippen LogP contribution >= 0.6 is 0 Å². The van der Waals surface area contributed by atoms with Crippen molar-refractivity contribution in [2.24, 2.45) is 5.92 Å². The lowest BCUT2D eigenvalue weighted by Crippen LogP contribution is -2.15. The topological polar surface area (TPSA) is 49.0 Å². The van der Waals surface area contributed by atoms with E-state index in [1.54, 1.807) is 0 Å². The van der Waals surface area contributed by atoms with Crippen molar-refractivity contribution in [3.8, 4) is 11.6 Å². The summed E-state index contributed by atoms with van der Waals surface area (Å²) in [5, 5.41) is 7.18. The van der Waals surface area contributed by atoms with Gasteiger partial charge in [0.1, 0.15) is 17.9 Å². The third kappa shape index (κ3) is 2.24. The number of hydrogen-bond acceptors (Lipinski definition) is 3. The molecule has 1 fully saturated rings. The molecule has 1 aliphatic heterocycles. The Kier molecular flexibility index (Phi) is 3.04. The lowest BCUT2D eigenvalue weighted by Gasteiger charge is -2.17. The van der Waals surface area contributed by atoms with E-state index in [0.717, 1.165) is 47.6 Å². The molecule has 4 aromatic rings. The summed E-state index contributed by atoms with van der Waals surface area (Å²) in [6.07, 6.45) is 4.28. The second kappa shape index (κ2) is 5.46. The Bertz CT molecular complexity index is 1210. The first-order valence-corrected chi connectivity index (χ1v) is 9.54. The Labute approximate surface area is 156 Å². The maximum atomic E-state index is 11.3. The van der Waals surface area contributed by atoms with Crippen molar-refractivity contribution >= 4 is 28.1 Å². The van der Waals surface area contributed by atoms with Gasteiger partial charge in [-0.2, -0.15) is 5.10 Å². The van der Waals surface area contributed by atoms with E-state index in [9.17, 15) is 4.79 Å². The zero-order chi connectivity index (χ0) is 18.0. The maximum Gasteiger partial charge on any atom is 0.150 e. The fourth-order valence-corrected chi connectivity index (χ4v) is 4.25. The number of fused-ring (bicyclic) bond motifs is 1. The van der Waals surface area contributed by atoms with Gasteiger partial charge in [-0.3, -0.25) is 4.79 Å². The number of benzene rings is 2. The van der Waals surface area contributed by atoms with E-state index in [4.69, 9.17) is 9.84 Å². The zero-order valence-corrected chi connectivity index (χ0v) is 14.9. The molecule has 1 aliphatic carbocycles. The third-order valence-electron chi connectivity index (χ3n) is 5.73. The molecule has 5 nitrogen and oxygen atoms in total. The van der Waals surface area contributed by atoms with Gasteiger partial charge >= 0.3 is 0 Å². The minimum absolute atomic E-state index is 0.606. The number of aromatic nitrogens is 3. The van der Waals surface area contributed by atoms with Gasteiger partial charge in [-0.1, -0.05) is 18.2 Å². The van der Waals surface area contributed by atoms with E-state index in [0.29, 0.717) is 12.2 Å². The molecule has 0 N–H and O–H groups in total. The molecular formula is C22H19N3O2. The second-order valence-electron chi connectivity index (χ2n) is 7.60. The van der Waals surface area contributed by atoms with Crippen molar-refractivity contribution in [1.82, 2.24) is 14.3 Å². The van der Waals surface area contributed by atoms with E-state index in [1.807, 2.05) is 12.1 Å². The summed E-state index contributed by atoms with van der Waals surface area (Å²) in [5.41, 5.74) is 3.86. The fraction of sp³-hybridized carbons (Fsp3) is 0.273. The van der Waals surface area contributed by atoms with Gasteiger partial charge in [0.25, 0.3) is 0 Å². The van der Waals surface area contributed by atoms with Crippen LogP contribution in [-0.4, -0.2) is 27.2 Å². The number of nitrogens with zero attached hydrogens (tertiary/aromatic N) is 3. The second-order valence-corrected chi connectivity index (χ2v) is 7.60. The van der Waals surface area contributed by atoms with Crippen LogP contribution in [0.5, 0.6) is 5.75 Å². The third-order valence-corrected chi connectivity index (χ3v) is 5.73. The van der Waals surface area contributed by atoms with Crippen LogP contribution in [0.15, 0.2) is 42.5 Å². The molecule has 0 radical (unpaired) electrons. The van der Waals surface area contributed by atoms with E-state index in [1.165, 1.54) is 29.4 Å². The van der Waals surface area contributed by atoms with Crippen LogP contribution in [0.1, 0.15) is 28.9 Å². The summed E-state index contributed by atoms with van der Waals surface area (Å²) in [5.74, 6) is 2.64. The Morgan fingerprint density at radius 1 is 1.19 bits per heavy atom. The van der Waals surface area contributed by atoms with Gasteiger partial charge in [-0.05, 0) is 43.0 Å². The first kappa shape index (κ1) is 15.0. The van der Waals surface area contributed by atoms with Crippen molar-refractivity contribution in [3.63, 3.8) is 0 Å². The molecule has 27 heavy (non-hydrogen) atoms. The summed E-state index contributed by atoms with van der Waals surface area (Å²) in [6.45, 7) is 1.64. The van der Waals surface area contributed by atoms with Crippen molar-refractivity contribution < 1.29 is 9.53 Å². The molecule has 5 heteroatoms. The smallest absolute Gasteiger partial charge is 0.150 e. The first-order valence-electron chi connectivity index (χ1n) is 9.54. The Balaban J connectivity index is 1.64. The standard InChI is InChI=1S/C22H19N3O2/c26-13-15-9-17-22-19(7-8-27-20(22)10-15)25(23-17)21-11-16-3-1-2-4-18(16)24(21)12-14-5-6-14/h1-4,9-11,13-14H,5-8,12H2. The summed E-state index contributed by atoms with van der Waals surface area (Å²) >= 11 is 0. The minimum atomic E-state index is 0.606. The van der Waals surface area contributed by atoms with E-state index >= 15 is 0 Å². The maximum absolute atomic E-state index is 11.3. The fourth-order valence-electron chi connectivity index (χ4n) is 4.25. The normalized spacial score (nSPS) is 16.0. The number of carbonyl (C=O) groups excluding carboxylic acids is 1. The lowest BCUT2D eigenvalue weighted by molar-refractivity contribution is 0.112. The van der Waals surface area contributed by atoms with Crippen LogP contribution in [-0.2, 0) is 13.0 Å². The van der Waals surface area contributed by atoms with Gasteiger partial charge < -0.3 is 9.30 Å². The minimum Gasteiger partial charge on any atom is -0.492 e. The van der Waals surface area contributed by atoms with Crippen LogP contribution < -0.4 is 4.74 Å². The molecule has 0 spiro atoms. The highest BCUT2D eigenvalue weighted by Gasteiger charge is 2.27. The van der Waals surface area contributed by atoms with Crippen LogP contribution in [0, 0.1) is 5.92 Å². The summed E-state index contributed by atoms with van der Waals surface area (Å²) in [7, 11) is 0. The van der Waals surface area contributed by atoms with Gasteiger partial charge in [-0.15, -0.1) is 0 Å². The number of aldehydes is 1. The largest absolute Gasteiger partial charge is 0.492 e. The van der Waals surface area contributed by atoms with Gasteiger partial charge in [0.05, 0.1) is 23.2 Å². The quantitative estimate of drug-likeness (QED) is 0.516. The predicted molar refractivity (Wildman–Crippen MR) is 104 cm³/mol. The Morgan fingerprint density at radius 3 is 2.93 bits per heavy atom. The molecule has 6 rings (SSSR count). The average Bonchev–Trinajstić information content (AvgIpc) is 3.35.